The summed E-state index contributed by atoms with van der Waals surface area (Å²) in [6.45, 7) is 2.00. The topological polar surface area (TPSA) is 59.2 Å². The zero-order valence-corrected chi connectivity index (χ0v) is 13.0. The molecule has 1 unspecified atom stereocenters. The maximum Gasteiger partial charge on any atom is 0.268 e. The molecule has 0 saturated carbocycles. The van der Waals surface area contributed by atoms with Gasteiger partial charge in [-0.25, -0.2) is 0 Å². The van der Waals surface area contributed by atoms with E-state index in [1.165, 1.54) is 11.3 Å². The summed E-state index contributed by atoms with van der Waals surface area (Å²) < 4.78 is 7.06. The fourth-order valence-corrected chi connectivity index (χ4v) is 3.28. The maximum absolute atomic E-state index is 9.74. The van der Waals surface area contributed by atoms with E-state index in [9.17, 15) is 5.11 Å². The third-order valence-electron chi connectivity index (χ3n) is 2.16. The second kappa shape index (κ2) is 5.60. The lowest BCUT2D eigenvalue weighted by Crippen LogP contribution is -1.98. The lowest BCUT2D eigenvalue weighted by atomic mass is 10.2. The first-order valence-electron chi connectivity index (χ1n) is 5.08. The van der Waals surface area contributed by atoms with E-state index in [-0.39, 0.29) is 0 Å². The first-order valence-corrected chi connectivity index (χ1v) is 7.49. The SMILES string of the molecule is CCCC(O)c1noc(-c2cc(Br)c(Br)s2)n1. The summed E-state index contributed by atoms with van der Waals surface area (Å²) in [7, 11) is 0. The molecule has 0 aliphatic heterocycles. The summed E-state index contributed by atoms with van der Waals surface area (Å²) in [6.07, 6.45) is 0.863. The lowest BCUT2D eigenvalue weighted by molar-refractivity contribution is 0.153. The minimum absolute atomic E-state index is 0.350. The van der Waals surface area contributed by atoms with E-state index in [4.69, 9.17) is 4.52 Å². The van der Waals surface area contributed by atoms with Crippen LogP contribution < -0.4 is 0 Å². The molecule has 2 aromatic rings. The number of thiophene rings is 1. The second-order valence-electron chi connectivity index (χ2n) is 3.49. The normalized spacial score (nSPS) is 12.9. The summed E-state index contributed by atoms with van der Waals surface area (Å²) in [6, 6.07) is 1.90. The highest BCUT2D eigenvalue weighted by Gasteiger charge is 2.17. The number of hydrogen-bond donors (Lipinski definition) is 1. The quantitative estimate of drug-likeness (QED) is 0.863. The third-order valence-corrected chi connectivity index (χ3v) is 5.40. The van der Waals surface area contributed by atoms with Crippen LogP contribution in [0.4, 0.5) is 0 Å². The van der Waals surface area contributed by atoms with Gasteiger partial charge >= 0.3 is 0 Å². The fraction of sp³-hybridized carbons (Fsp3) is 0.400. The van der Waals surface area contributed by atoms with E-state index in [2.05, 4.69) is 42.0 Å². The number of halogens is 2. The van der Waals surface area contributed by atoms with Crippen LogP contribution in [0.15, 0.2) is 18.8 Å². The van der Waals surface area contributed by atoms with Crippen molar-refractivity contribution < 1.29 is 9.63 Å². The van der Waals surface area contributed by atoms with Gasteiger partial charge in [0.2, 0.25) is 5.82 Å². The van der Waals surface area contributed by atoms with E-state index in [0.29, 0.717) is 18.1 Å². The molecule has 0 spiro atoms. The molecule has 2 aromatic heterocycles. The van der Waals surface area contributed by atoms with Crippen molar-refractivity contribution >= 4 is 43.2 Å². The van der Waals surface area contributed by atoms with Gasteiger partial charge in [-0.15, -0.1) is 11.3 Å². The Hall–Kier alpha value is -0.240. The number of aliphatic hydroxyl groups excluding tert-OH is 1. The molecule has 0 radical (unpaired) electrons. The van der Waals surface area contributed by atoms with Crippen LogP contribution in [0.3, 0.4) is 0 Å². The number of aliphatic hydroxyl groups is 1. The first-order chi connectivity index (χ1) is 8.11. The number of nitrogens with zero attached hydrogens (tertiary/aromatic N) is 2. The monoisotopic (exact) mass is 380 g/mol. The molecule has 2 rings (SSSR count). The highest BCUT2D eigenvalue weighted by Crippen LogP contribution is 2.37. The predicted octanol–water partition coefficient (Wildman–Crippen LogP) is 4.16. The Labute approximate surface area is 119 Å². The van der Waals surface area contributed by atoms with Crippen molar-refractivity contribution in [1.29, 1.82) is 0 Å². The summed E-state index contributed by atoms with van der Waals surface area (Å²) in [4.78, 5) is 5.06. The molecule has 17 heavy (non-hydrogen) atoms. The van der Waals surface area contributed by atoms with Crippen LogP contribution in [0.5, 0.6) is 0 Å². The molecule has 0 aliphatic rings. The van der Waals surface area contributed by atoms with Crippen molar-refractivity contribution in [3.8, 4) is 10.8 Å². The van der Waals surface area contributed by atoms with Crippen LogP contribution >= 0.6 is 43.2 Å². The van der Waals surface area contributed by atoms with Crippen molar-refractivity contribution in [2.24, 2.45) is 0 Å². The number of hydrogen-bond acceptors (Lipinski definition) is 5. The highest BCUT2D eigenvalue weighted by molar-refractivity contribution is 9.13. The van der Waals surface area contributed by atoms with Crippen LogP contribution in [0, 0.1) is 0 Å². The van der Waals surface area contributed by atoms with Crippen molar-refractivity contribution in [2.75, 3.05) is 0 Å². The predicted molar refractivity (Wildman–Crippen MR) is 72.9 cm³/mol. The molecular weight excluding hydrogens is 372 g/mol. The Bertz CT molecular complexity index is 493. The fourth-order valence-electron chi connectivity index (χ4n) is 1.32. The Kier molecular flexibility index (Phi) is 4.35. The van der Waals surface area contributed by atoms with Gasteiger partial charge in [0, 0.05) is 4.47 Å². The number of aromatic nitrogens is 2. The Morgan fingerprint density at radius 3 is 2.88 bits per heavy atom. The van der Waals surface area contributed by atoms with Crippen LogP contribution in [-0.4, -0.2) is 15.2 Å². The molecule has 7 heteroatoms. The van der Waals surface area contributed by atoms with Crippen molar-refractivity contribution in [2.45, 2.75) is 25.9 Å². The molecule has 2 heterocycles. The van der Waals surface area contributed by atoms with E-state index in [1.807, 2.05) is 13.0 Å². The van der Waals surface area contributed by atoms with Gasteiger partial charge in [0.1, 0.15) is 6.10 Å². The van der Waals surface area contributed by atoms with Gasteiger partial charge in [0.25, 0.3) is 5.89 Å². The smallest absolute Gasteiger partial charge is 0.268 e. The summed E-state index contributed by atoms with van der Waals surface area (Å²) in [5.41, 5.74) is 0. The molecule has 0 bridgehead atoms. The zero-order chi connectivity index (χ0) is 12.4. The highest BCUT2D eigenvalue weighted by atomic mass is 79.9. The molecule has 4 nitrogen and oxygen atoms in total. The standard InChI is InChI=1S/C10H10Br2N2O2S/c1-2-3-6(15)9-13-10(16-14-9)7-4-5(11)8(12)17-7/h4,6,15H,2-3H2,1H3. The Balaban J connectivity index is 2.23. The average Bonchev–Trinajstić information content (AvgIpc) is 2.87. The summed E-state index contributed by atoms with van der Waals surface area (Å²) >= 11 is 8.30. The van der Waals surface area contributed by atoms with E-state index < -0.39 is 6.10 Å². The Morgan fingerprint density at radius 2 is 2.29 bits per heavy atom. The van der Waals surface area contributed by atoms with Gasteiger partial charge in [-0.3, -0.25) is 0 Å². The molecule has 0 saturated heterocycles. The average molecular weight is 382 g/mol. The van der Waals surface area contributed by atoms with E-state index in [1.54, 1.807) is 0 Å². The van der Waals surface area contributed by atoms with Crippen molar-refractivity contribution in [3.63, 3.8) is 0 Å². The minimum Gasteiger partial charge on any atom is -0.385 e. The van der Waals surface area contributed by atoms with Gasteiger partial charge in [0.15, 0.2) is 0 Å². The van der Waals surface area contributed by atoms with Gasteiger partial charge in [-0.05, 0) is 44.3 Å². The minimum atomic E-state index is -0.649. The van der Waals surface area contributed by atoms with Crippen molar-refractivity contribution in [1.82, 2.24) is 10.1 Å². The van der Waals surface area contributed by atoms with Gasteiger partial charge in [-0.1, -0.05) is 18.5 Å². The molecule has 0 fully saturated rings. The second-order valence-corrected chi connectivity index (χ2v) is 6.72. The molecule has 92 valence electrons. The lowest BCUT2D eigenvalue weighted by Gasteiger charge is -2.00. The maximum atomic E-state index is 9.74. The largest absolute Gasteiger partial charge is 0.385 e. The van der Waals surface area contributed by atoms with E-state index >= 15 is 0 Å². The van der Waals surface area contributed by atoms with Gasteiger partial charge in [0.05, 0.1) is 8.66 Å². The van der Waals surface area contributed by atoms with Crippen LogP contribution in [-0.2, 0) is 0 Å². The molecular formula is C10H10Br2N2O2S. The molecule has 1 atom stereocenters. The van der Waals surface area contributed by atoms with Crippen molar-refractivity contribution in [3.05, 3.63) is 20.1 Å². The van der Waals surface area contributed by atoms with Crippen LogP contribution in [0.1, 0.15) is 31.7 Å². The van der Waals surface area contributed by atoms with Gasteiger partial charge in [-0.2, -0.15) is 4.98 Å². The third kappa shape index (κ3) is 2.96. The molecule has 0 aliphatic carbocycles. The zero-order valence-electron chi connectivity index (χ0n) is 8.98. The molecule has 1 N–H and O–H groups in total. The van der Waals surface area contributed by atoms with Crippen LogP contribution in [0.25, 0.3) is 10.8 Å². The number of rotatable bonds is 4. The van der Waals surface area contributed by atoms with Gasteiger partial charge < -0.3 is 9.63 Å². The Morgan fingerprint density at radius 1 is 1.53 bits per heavy atom. The molecule has 0 amide bonds. The summed E-state index contributed by atoms with van der Waals surface area (Å²) in [5, 5.41) is 13.5. The van der Waals surface area contributed by atoms with E-state index in [0.717, 1.165) is 19.6 Å². The summed E-state index contributed by atoms with van der Waals surface area (Å²) in [5.74, 6) is 0.786. The van der Waals surface area contributed by atoms with Crippen LogP contribution in [0.2, 0.25) is 0 Å². The first kappa shape index (κ1) is 13.2. The molecule has 0 aromatic carbocycles.